The predicted molar refractivity (Wildman–Crippen MR) is 153 cm³/mol. The average Bonchev–Trinajstić information content (AvgIpc) is 3.45. The Balaban J connectivity index is 1.05. The van der Waals surface area contributed by atoms with Crippen molar-refractivity contribution in [1.29, 1.82) is 0 Å². The lowest BCUT2D eigenvalue weighted by atomic mass is 9.96. The number of benzene rings is 2. The van der Waals surface area contributed by atoms with Crippen LogP contribution in [0.5, 0.6) is 11.5 Å². The summed E-state index contributed by atoms with van der Waals surface area (Å²) < 4.78 is 16.2. The molecule has 2 aromatic carbocycles. The molecule has 0 bridgehead atoms. The van der Waals surface area contributed by atoms with Crippen LogP contribution in [-0.2, 0) is 24.4 Å². The van der Waals surface area contributed by atoms with Crippen LogP contribution in [0.1, 0.15) is 49.6 Å². The highest BCUT2D eigenvalue weighted by molar-refractivity contribution is 5.78. The molecule has 1 atom stereocenters. The first-order valence-corrected chi connectivity index (χ1v) is 14.4. The lowest BCUT2D eigenvalue weighted by Gasteiger charge is -2.30. The van der Waals surface area contributed by atoms with E-state index in [0.29, 0.717) is 36.3 Å². The number of piperidine rings is 2. The lowest BCUT2D eigenvalue weighted by molar-refractivity contribution is -0.126. The largest absolute Gasteiger partial charge is 0.493 e. The minimum Gasteiger partial charge on any atom is -0.493 e. The molecule has 1 N–H and O–H groups in total. The quantitative estimate of drug-likeness (QED) is 0.396. The van der Waals surface area contributed by atoms with E-state index in [0.717, 1.165) is 49.5 Å². The first-order valence-electron chi connectivity index (χ1n) is 14.4. The summed E-state index contributed by atoms with van der Waals surface area (Å²) >= 11 is 0. The standard InChI is InChI=1S/C31H41N5O4/c1-22-5-4-14-36(19-22)20-24-8-6-23(7-9-24)18-32-31(37)25-12-15-35(16-13-25)21-29-33-30(34-40-29)26-10-11-27(38-2)28(17-26)39-3/h6-11,17,22,25H,4-5,12-16,18-21H2,1-3H3,(H,32,37). The van der Waals surface area contributed by atoms with Gasteiger partial charge in [-0.3, -0.25) is 14.6 Å². The topological polar surface area (TPSA) is 93.0 Å². The van der Waals surface area contributed by atoms with Crippen molar-refractivity contribution in [2.75, 3.05) is 40.4 Å². The third kappa shape index (κ3) is 7.20. The normalized spacial score (nSPS) is 18.9. The van der Waals surface area contributed by atoms with Crippen LogP contribution in [0.2, 0.25) is 0 Å². The fourth-order valence-corrected chi connectivity index (χ4v) is 5.74. The molecule has 0 radical (unpaired) electrons. The molecule has 0 spiro atoms. The Bertz CT molecular complexity index is 1250. The average molecular weight is 548 g/mol. The van der Waals surface area contributed by atoms with E-state index in [-0.39, 0.29) is 11.8 Å². The van der Waals surface area contributed by atoms with E-state index in [1.165, 1.54) is 31.5 Å². The summed E-state index contributed by atoms with van der Waals surface area (Å²) in [6, 6.07) is 14.2. The van der Waals surface area contributed by atoms with Gasteiger partial charge in [0.15, 0.2) is 11.5 Å². The second-order valence-corrected chi connectivity index (χ2v) is 11.1. The third-order valence-corrected chi connectivity index (χ3v) is 8.06. The summed E-state index contributed by atoms with van der Waals surface area (Å²) in [5.74, 6) is 3.30. The highest BCUT2D eigenvalue weighted by Crippen LogP contribution is 2.31. The van der Waals surface area contributed by atoms with Crippen molar-refractivity contribution in [2.24, 2.45) is 11.8 Å². The number of hydrogen-bond acceptors (Lipinski definition) is 8. The lowest BCUT2D eigenvalue weighted by Crippen LogP contribution is -2.40. The van der Waals surface area contributed by atoms with E-state index < -0.39 is 0 Å². The number of carbonyl (C=O) groups excluding carboxylic acids is 1. The second kappa shape index (κ2) is 13.3. The number of hydrogen-bond donors (Lipinski definition) is 1. The van der Waals surface area contributed by atoms with Gasteiger partial charge in [0.05, 0.1) is 20.8 Å². The van der Waals surface area contributed by atoms with Crippen LogP contribution in [-0.4, -0.2) is 66.2 Å². The summed E-state index contributed by atoms with van der Waals surface area (Å²) in [5.41, 5.74) is 3.28. The highest BCUT2D eigenvalue weighted by atomic mass is 16.5. The first-order chi connectivity index (χ1) is 19.5. The molecule has 3 heterocycles. The van der Waals surface area contributed by atoms with E-state index in [4.69, 9.17) is 14.0 Å². The van der Waals surface area contributed by atoms with E-state index in [1.54, 1.807) is 14.2 Å². The maximum atomic E-state index is 12.9. The Labute approximate surface area is 236 Å². The van der Waals surface area contributed by atoms with Crippen LogP contribution in [0.15, 0.2) is 47.0 Å². The Morgan fingerprint density at radius 1 is 0.950 bits per heavy atom. The first kappa shape index (κ1) is 28.1. The molecular formula is C31H41N5O4. The number of carbonyl (C=O) groups is 1. The molecule has 2 aliphatic rings. The van der Waals surface area contributed by atoms with Crippen LogP contribution in [0.3, 0.4) is 0 Å². The van der Waals surface area contributed by atoms with Gasteiger partial charge in [-0.15, -0.1) is 0 Å². The molecule has 1 aromatic heterocycles. The summed E-state index contributed by atoms with van der Waals surface area (Å²) in [5, 5.41) is 7.29. The molecule has 3 aromatic rings. The predicted octanol–water partition coefficient (Wildman–Crippen LogP) is 4.51. The van der Waals surface area contributed by atoms with Crippen molar-refractivity contribution < 1.29 is 18.8 Å². The molecule has 9 heteroatoms. The minimum absolute atomic E-state index is 0.0293. The van der Waals surface area contributed by atoms with Crippen LogP contribution in [0.25, 0.3) is 11.4 Å². The Hall–Kier alpha value is -3.43. The number of amides is 1. The molecule has 1 unspecified atom stereocenters. The zero-order valence-corrected chi connectivity index (χ0v) is 23.9. The van der Waals surface area contributed by atoms with Crippen molar-refractivity contribution in [3.05, 3.63) is 59.5 Å². The van der Waals surface area contributed by atoms with Gasteiger partial charge < -0.3 is 19.3 Å². The number of aromatic nitrogens is 2. The maximum absolute atomic E-state index is 12.9. The summed E-state index contributed by atoms with van der Waals surface area (Å²) in [7, 11) is 3.20. The molecule has 2 saturated heterocycles. The molecule has 0 saturated carbocycles. The highest BCUT2D eigenvalue weighted by Gasteiger charge is 2.26. The molecule has 40 heavy (non-hydrogen) atoms. The SMILES string of the molecule is COc1ccc(-c2noc(CN3CCC(C(=O)NCc4ccc(CN5CCCC(C)C5)cc4)CC3)n2)cc1OC. The molecule has 9 nitrogen and oxygen atoms in total. The Morgan fingerprint density at radius 3 is 2.42 bits per heavy atom. The molecule has 0 aliphatic carbocycles. The van der Waals surface area contributed by atoms with Crippen LogP contribution >= 0.6 is 0 Å². The van der Waals surface area contributed by atoms with Gasteiger partial charge in [-0.2, -0.15) is 4.98 Å². The molecule has 2 aliphatic heterocycles. The molecule has 1 amide bonds. The number of ether oxygens (including phenoxy) is 2. The van der Waals surface area contributed by atoms with Crippen LogP contribution < -0.4 is 14.8 Å². The van der Waals surface area contributed by atoms with Gasteiger partial charge in [0.25, 0.3) is 0 Å². The van der Waals surface area contributed by atoms with Crippen LogP contribution in [0.4, 0.5) is 0 Å². The Morgan fingerprint density at radius 2 is 1.70 bits per heavy atom. The summed E-state index contributed by atoms with van der Waals surface area (Å²) in [4.78, 5) is 22.2. The van der Waals surface area contributed by atoms with Gasteiger partial charge in [-0.1, -0.05) is 36.3 Å². The van der Waals surface area contributed by atoms with Crippen molar-refractivity contribution in [1.82, 2.24) is 25.3 Å². The van der Waals surface area contributed by atoms with Gasteiger partial charge >= 0.3 is 0 Å². The number of nitrogens with zero attached hydrogens (tertiary/aromatic N) is 4. The molecular weight excluding hydrogens is 506 g/mol. The van der Waals surface area contributed by atoms with Crippen molar-refractivity contribution in [2.45, 2.75) is 52.2 Å². The van der Waals surface area contributed by atoms with Gasteiger partial charge in [0, 0.05) is 31.1 Å². The van der Waals surface area contributed by atoms with E-state index >= 15 is 0 Å². The number of methoxy groups -OCH3 is 2. The van der Waals surface area contributed by atoms with Gasteiger partial charge in [0.1, 0.15) is 0 Å². The van der Waals surface area contributed by atoms with Crippen molar-refractivity contribution in [3.63, 3.8) is 0 Å². The summed E-state index contributed by atoms with van der Waals surface area (Å²) in [6.07, 6.45) is 4.27. The molecule has 214 valence electrons. The zero-order valence-electron chi connectivity index (χ0n) is 23.9. The number of rotatable bonds is 10. The molecule has 2 fully saturated rings. The van der Waals surface area contributed by atoms with Gasteiger partial charge in [-0.25, -0.2) is 0 Å². The number of likely N-dealkylation sites (tertiary alicyclic amines) is 2. The number of nitrogens with one attached hydrogen (secondary N) is 1. The fraction of sp³-hybridized carbons (Fsp3) is 0.516. The monoisotopic (exact) mass is 547 g/mol. The van der Waals surface area contributed by atoms with E-state index in [1.807, 2.05) is 18.2 Å². The fourth-order valence-electron chi connectivity index (χ4n) is 5.74. The maximum Gasteiger partial charge on any atom is 0.241 e. The van der Waals surface area contributed by atoms with Gasteiger partial charge in [0.2, 0.25) is 17.6 Å². The van der Waals surface area contributed by atoms with Gasteiger partial charge in [-0.05, 0) is 80.6 Å². The molecule has 5 rings (SSSR count). The minimum atomic E-state index is 0.0293. The van der Waals surface area contributed by atoms with E-state index in [9.17, 15) is 4.79 Å². The zero-order chi connectivity index (χ0) is 27.9. The van der Waals surface area contributed by atoms with E-state index in [2.05, 4.69) is 56.4 Å². The van der Waals surface area contributed by atoms with Crippen LogP contribution in [0, 0.1) is 11.8 Å². The Kier molecular flexibility index (Phi) is 9.34. The smallest absolute Gasteiger partial charge is 0.241 e. The second-order valence-electron chi connectivity index (χ2n) is 11.1. The van der Waals surface area contributed by atoms with Crippen molar-refractivity contribution >= 4 is 5.91 Å². The van der Waals surface area contributed by atoms with Crippen molar-refractivity contribution in [3.8, 4) is 22.9 Å². The third-order valence-electron chi connectivity index (χ3n) is 8.06. The summed E-state index contributed by atoms with van der Waals surface area (Å²) in [6.45, 7) is 8.50.